The molecule has 1 fully saturated rings. The van der Waals surface area contributed by atoms with E-state index in [0.29, 0.717) is 6.42 Å². The molecule has 0 amide bonds. The number of Topliss-reactive ketones (excluding diaryl/α,β-unsaturated/α-hetero) is 2. The van der Waals surface area contributed by atoms with Crippen LogP contribution in [0.2, 0.25) is 0 Å². The Balaban J connectivity index is 2.25. The fourth-order valence-corrected chi connectivity index (χ4v) is 3.21. The smallest absolute Gasteiger partial charge is 0.316 e. The van der Waals surface area contributed by atoms with E-state index in [1.807, 2.05) is 30.3 Å². The molecule has 1 heterocycles. The topological polar surface area (TPSA) is 86.7 Å². The third-order valence-electron chi connectivity index (χ3n) is 4.91. The maximum atomic E-state index is 13.1. The molecule has 140 valence electrons. The number of rotatable bonds is 8. The van der Waals surface area contributed by atoms with Gasteiger partial charge < -0.3 is 9.47 Å². The maximum Gasteiger partial charge on any atom is 0.316 e. The first-order valence-electron chi connectivity index (χ1n) is 8.71. The van der Waals surface area contributed by atoms with Crippen molar-refractivity contribution >= 4 is 23.5 Å². The van der Waals surface area contributed by atoms with Crippen LogP contribution in [-0.4, -0.2) is 36.7 Å². The molecule has 1 aromatic rings. The maximum absolute atomic E-state index is 13.1. The van der Waals surface area contributed by atoms with Crippen molar-refractivity contribution in [2.24, 2.45) is 17.3 Å². The van der Waals surface area contributed by atoms with Crippen molar-refractivity contribution in [1.82, 2.24) is 0 Å². The Bertz CT molecular complexity index is 696. The number of ketones is 2. The first kappa shape index (κ1) is 19.8. The van der Waals surface area contributed by atoms with E-state index in [2.05, 4.69) is 0 Å². The van der Waals surface area contributed by atoms with Gasteiger partial charge in [0, 0.05) is 5.92 Å². The molecule has 0 spiro atoms. The quantitative estimate of drug-likeness (QED) is 0.521. The molecule has 1 aliphatic heterocycles. The zero-order valence-corrected chi connectivity index (χ0v) is 15.3. The lowest BCUT2D eigenvalue weighted by atomic mass is 9.70. The molecule has 1 aromatic carbocycles. The van der Waals surface area contributed by atoms with E-state index in [-0.39, 0.29) is 25.6 Å². The van der Waals surface area contributed by atoms with Gasteiger partial charge in [-0.15, -0.1) is 0 Å². The highest BCUT2D eigenvalue weighted by atomic mass is 16.5. The van der Waals surface area contributed by atoms with Crippen molar-refractivity contribution in [2.75, 3.05) is 13.2 Å². The summed E-state index contributed by atoms with van der Waals surface area (Å²) in [5.74, 6) is -3.72. The van der Waals surface area contributed by atoms with Gasteiger partial charge in [-0.2, -0.15) is 0 Å². The average Bonchev–Trinajstić information content (AvgIpc) is 2.95. The highest BCUT2D eigenvalue weighted by Crippen LogP contribution is 2.36. The van der Waals surface area contributed by atoms with E-state index in [4.69, 9.17) is 9.47 Å². The third-order valence-corrected chi connectivity index (χ3v) is 4.91. The van der Waals surface area contributed by atoms with Gasteiger partial charge in [0.2, 0.25) is 0 Å². The second-order valence-corrected chi connectivity index (χ2v) is 6.79. The molecule has 0 saturated carbocycles. The summed E-state index contributed by atoms with van der Waals surface area (Å²) in [6.45, 7) is 4.58. The molecular weight excluding hydrogens is 336 g/mol. The highest BCUT2D eigenvalue weighted by Gasteiger charge is 2.51. The molecule has 1 aliphatic rings. The molecule has 0 radical (unpaired) electrons. The van der Waals surface area contributed by atoms with Crippen molar-refractivity contribution in [2.45, 2.75) is 33.6 Å². The number of ether oxygens (including phenoxy) is 2. The van der Waals surface area contributed by atoms with Crippen molar-refractivity contribution in [3.63, 3.8) is 0 Å². The van der Waals surface area contributed by atoms with Crippen LogP contribution in [0.3, 0.4) is 0 Å². The number of hydrogen-bond acceptors (Lipinski definition) is 6. The van der Waals surface area contributed by atoms with Gasteiger partial charge in [-0.3, -0.25) is 19.2 Å². The largest absolute Gasteiger partial charge is 0.466 e. The second-order valence-electron chi connectivity index (χ2n) is 6.79. The van der Waals surface area contributed by atoms with Gasteiger partial charge in [-0.1, -0.05) is 30.3 Å². The van der Waals surface area contributed by atoms with Crippen LogP contribution < -0.4 is 0 Å². The zero-order valence-electron chi connectivity index (χ0n) is 15.3. The summed E-state index contributed by atoms with van der Waals surface area (Å²) in [5.41, 5.74) is -0.626. The average molecular weight is 360 g/mol. The van der Waals surface area contributed by atoms with Crippen molar-refractivity contribution < 1.29 is 28.7 Å². The van der Waals surface area contributed by atoms with Gasteiger partial charge in [-0.05, 0) is 32.8 Å². The molecule has 1 saturated heterocycles. The van der Waals surface area contributed by atoms with E-state index in [1.54, 1.807) is 6.92 Å². The van der Waals surface area contributed by atoms with Gasteiger partial charge in [0.25, 0.3) is 0 Å². The van der Waals surface area contributed by atoms with Crippen LogP contribution in [0.1, 0.15) is 32.8 Å². The summed E-state index contributed by atoms with van der Waals surface area (Å²) in [6, 6.07) is 9.46. The number of cyclic esters (lactones) is 1. The zero-order chi connectivity index (χ0) is 19.3. The molecule has 2 rings (SSSR count). The number of hydrogen-bond donors (Lipinski definition) is 0. The summed E-state index contributed by atoms with van der Waals surface area (Å²) in [7, 11) is 0. The Hall–Kier alpha value is -2.50. The van der Waals surface area contributed by atoms with Crippen LogP contribution in [0.5, 0.6) is 0 Å². The van der Waals surface area contributed by atoms with E-state index >= 15 is 0 Å². The van der Waals surface area contributed by atoms with Crippen LogP contribution >= 0.6 is 0 Å². The molecule has 0 bridgehead atoms. The minimum Gasteiger partial charge on any atom is -0.466 e. The predicted molar refractivity (Wildman–Crippen MR) is 93.1 cm³/mol. The molecule has 3 atom stereocenters. The van der Waals surface area contributed by atoms with Gasteiger partial charge >= 0.3 is 11.9 Å². The summed E-state index contributed by atoms with van der Waals surface area (Å²) >= 11 is 0. The number of carbonyl (C=O) groups is 4. The first-order chi connectivity index (χ1) is 12.3. The standard InChI is InChI=1S/C20H24O6/c1-4-25-16(22)11-20(3,13(2)21)18(23)17-15(12-26-19(17)24)10-14-8-6-5-7-9-14/h5-9,15,17H,4,10-12H2,1-3H3. The van der Waals surface area contributed by atoms with Crippen LogP contribution in [0.15, 0.2) is 30.3 Å². The summed E-state index contributed by atoms with van der Waals surface area (Å²) in [6.07, 6.45) is 0.104. The summed E-state index contributed by atoms with van der Waals surface area (Å²) in [5, 5.41) is 0. The number of benzene rings is 1. The Morgan fingerprint density at radius 2 is 1.88 bits per heavy atom. The van der Waals surface area contributed by atoms with Crippen LogP contribution in [0.25, 0.3) is 0 Å². The summed E-state index contributed by atoms with van der Waals surface area (Å²) in [4.78, 5) is 49.4. The fraction of sp³-hybridized carbons (Fsp3) is 0.500. The SMILES string of the molecule is CCOC(=O)CC(C)(C(C)=O)C(=O)C1C(=O)OCC1Cc1ccccc1. The number of carbonyl (C=O) groups excluding carboxylic acids is 4. The van der Waals surface area contributed by atoms with Gasteiger partial charge in [-0.25, -0.2) is 0 Å². The molecule has 0 N–H and O–H groups in total. The molecule has 0 aliphatic carbocycles. The molecule has 6 heteroatoms. The van der Waals surface area contributed by atoms with Gasteiger partial charge in [0.05, 0.1) is 25.0 Å². The predicted octanol–water partition coefficient (Wildman–Crippen LogP) is 2.14. The fourth-order valence-electron chi connectivity index (χ4n) is 3.21. The van der Waals surface area contributed by atoms with E-state index < -0.39 is 34.8 Å². The number of esters is 2. The molecule has 6 nitrogen and oxygen atoms in total. The molecule has 26 heavy (non-hydrogen) atoms. The van der Waals surface area contributed by atoms with E-state index in [9.17, 15) is 19.2 Å². The normalized spacial score (nSPS) is 21.6. The third kappa shape index (κ3) is 4.18. The lowest BCUT2D eigenvalue weighted by Gasteiger charge is -2.28. The first-order valence-corrected chi connectivity index (χ1v) is 8.71. The van der Waals surface area contributed by atoms with Crippen molar-refractivity contribution in [3.05, 3.63) is 35.9 Å². The minimum atomic E-state index is -1.60. The lowest BCUT2D eigenvalue weighted by molar-refractivity contribution is -0.157. The van der Waals surface area contributed by atoms with Crippen LogP contribution in [-0.2, 0) is 35.1 Å². The molecule has 0 aromatic heterocycles. The lowest BCUT2D eigenvalue weighted by Crippen LogP contribution is -2.44. The summed E-state index contributed by atoms with van der Waals surface area (Å²) < 4.78 is 10.0. The van der Waals surface area contributed by atoms with Crippen LogP contribution in [0.4, 0.5) is 0 Å². The Morgan fingerprint density at radius 3 is 2.46 bits per heavy atom. The molecule has 3 unspecified atom stereocenters. The minimum absolute atomic E-state index is 0.123. The van der Waals surface area contributed by atoms with Crippen LogP contribution in [0, 0.1) is 17.3 Å². The van der Waals surface area contributed by atoms with E-state index in [0.717, 1.165) is 5.56 Å². The second kappa shape index (κ2) is 8.25. The van der Waals surface area contributed by atoms with Crippen molar-refractivity contribution in [1.29, 1.82) is 0 Å². The monoisotopic (exact) mass is 360 g/mol. The Morgan fingerprint density at radius 1 is 1.23 bits per heavy atom. The molecular formula is C20H24O6. The van der Waals surface area contributed by atoms with Crippen molar-refractivity contribution in [3.8, 4) is 0 Å². The van der Waals surface area contributed by atoms with Gasteiger partial charge in [0.15, 0.2) is 5.78 Å². The van der Waals surface area contributed by atoms with E-state index in [1.165, 1.54) is 13.8 Å². The van der Waals surface area contributed by atoms with Gasteiger partial charge in [0.1, 0.15) is 11.7 Å². The Kier molecular flexibility index (Phi) is 6.29. The highest BCUT2D eigenvalue weighted by molar-refractivity contribution is 6.14. The Labute approximate surface area is 152 Å².